The van der Waals surface area contributed by atoms with E-state index < -0.39 is 11.8 Å². The summed E-state index contributed by atoms with van der Waals surface area (Å²) in [7, 11) is 0. The maximum atomic E-state index is 13.6. The Balaban J connectivity index is 3.20. The molecule has 0 fully saturated rings. The molecule has 0 aliphatic heterocycles. The number of hydrogen-bond donors (Lipinski definition) is 1. The quantitative estimate of drug-likeness (QED) is 0.672. The van der Waals surface area contributed by atoms with Crippen LogP contribution in [0.4, 0.5) is 10.1 Å². The van der Waals surface area contributed by atoms with Crippen LogP contribution in [0.5, 0.6) is 0 Å². The van der Waals surface area contributed by atoms with Crippen LogP contribution < -0.4 is 5.73 Å². The number of halogens is 2. The molecule has 0 bridgehead atoms. The first-order valence-corrected chi connectivity index (χ1v) is 5.59. The number of ether oxygens (including phenoxy) is 1. The second kappa shape index (κ2) is 4.82. The van der Waals surface area contributed by atoms with Gasteiger partial charge in [0.1, 0.15) is 0 Å². The Kier molecular flexibility index (Phi) is 3.91. The lowest BCUT2D eigenvalue weighted by molar-refractivity contribution is 0.0378. The minimum atomic E-state index is -0.618. The van der Waals surface area contributed by atoms with E-state index in [-0.39, 0.29) is 17.4 Å². The highest BCUT2D eigenvalue weighted by Gasteiger charge is 2.19. The van der Waals surface area contributed by atoms with Gasteiger partial charge in [0.2, 0.25) is 0 Å². The molecule has 0 saturated heterocycles. The van der Waals surface area contributed by atoms with Crippen molar-refractivity contribution in [3.05, 3.63) is 27.5 Å². The molecule has 0 heterocycles. The van der Waals surface area contributed by atoms with E-state index in [1.54, 1.807) is 20.8 Å². The summed E-state index contributed by atoms with van der Waals surface area (Å²) in [5.41, 5.74) is 5.78. The molecule has 0 aliphatic carbocycles. The number of nitrogens with two attached hydrogens (primary N) is 1. The second-order valence-corrected chi connectivity index (χ2v) is 4.57. The van der Waals surface area contributed by atoms with Crippen LogP contribution in [-0.2, 0) is 4.74 Å². The van der Waals surface area contributed by atoms with Gasteiger partial charge >= 0.3 is 5.97 Å². The Morgan fingerprint density at radius 1 is 1.56 bits per heavy atom. The summed E-state index contributed by atoms with van der Waals surface area (Å²) in [6.07, 6.45) is -0.268. The van der Waals surface area contributed by atoms with E-state index in [0.29, 0.717) is 10.0 Å². The van der Waals surface area contributed by atoms with Crippen molar-refractivity contribution in [2.24, 2.45) is 0 Å². The molecule has 3 nitrogen and oxygen atoms in total. The Labute approximate surface area is 102 Å². The molecule has 0 amide bonds. The van der Waals surface area contributed by atoms with Crippen molar-refractivity contribution in [1.82, 2.24) is 0 Å². The van der Waals surface area contributed by atoms with E-state index in [4.69, 9.17) is 10.5 Å². The predicted molar refractivity (Wildman–Crippen MR) is 63.8 cm³/mol. The summed E-state index contributed by atoms with van der Waals surface area (Å²) in [6.45, 7) is 5.01. The van der Waals surface area contributed by atoms with Crippen molar-refractivity contribution in [2.75, 3.05) is 5.73 Å². The van der Waals surface area contributed by atoms with Gasteiger partial charge in [-0.3, -0.25) is 0 Å². The Morgan fingerprint density at radius 2 is 2.12 bits per heavy atom. The van der Waals surface area contributed by atoms with Crippen LogP contribution in [0.25, 0.3) is 0 Å². The number of carbonyl (C=O) groups excluding carboxylic acids is 1. The van der Waals surface area contributed by atoms with Crippen LogP contribution >= 0.6 is 15.9 Å². The monoisotopic (exact) mass is 289 g/mol. The van der Waals surface area contributed by atoms with Crippen LogP contribution in [0.3, 0.4) is 0 Å². The first-order chi connectivity index (χ1) is 7.34. The molecular formula is C11H13BrFNO2. The molecule has 0 spiro atoms. The van der Waals surface area contributed by atoms with Crippen LogP contribution in [0.2, 0.25) is 0 Å². The topological polar surface area (TPSA) is 52.3 Å². The van der Waals surface area contributed by atoms with Gasteiger partial charge in [-0.2, -0.15) is 0 Å². The van der Waals surface area contributed by atoms with E-state index in [0.717, 1.165) is 0 Å². The summed E-state index contributed by atoms with van der Waals surface area (Å²) >= 11 is 3.16. The van der Waals surface area contributed by atoms with Crippen LogP contribution in [0.1, 0.15) is 29.8 Å². The fourth-order valence-corrected chi connectivity index (χ4v) is 1.59. The number of nitrogen functional groups attached to an aromatic ring is 1. The Hall–Kier alpha value is -1.10. The molecule has 88 valence electrons. The van der Waals surface area contributed by atoms with Gasteiger partial charge in [0.05, 0.1) is 17.4 Å². The third-order valence-corrected chi connectivity index (χ3v) is 2.87. The van der Waals surface area contributed by atoms with E-state index in [2.05, 4.69) is 15.9 Å². The van der Waals surface area contributed by atoms with Gasteiger partial charge in [-0.05, 0) is 26.8 Å². The highest BCUT2D eigenvalue weighted by Crippen LogP contribution is 2.28. The zero-order valence-electron chi connectivity index (χ0n) is 9.30. The summed E-state index contributed by atoms with van der Waals surface area (Å²) in [5.74, 6) is -1.21. The molecule has 0 saturated carbocycles. The highest BCUT2D eigenvalue weighted by molar-refractivity contribution is 9.10. The second-order valence-electron chi connectivity index (χ2n) is 3.71. The maximum Gasteiger partial charge on any atom is 0.340 e. The minimum absolute atomic E-state index is 0.0451. The van der Waals surface area contributed by atoms with Crippen molar-refractivity contribution < 1.29 is 13.9 Å². The molecule has 16 heavy (non-hydrogen) atoms. The van der Waals surface area contributed by atoms with E-state index in [1.165, 1.54) is 6.07 Å². The Morgan fingerprint density at radius 3 is 2.62 bits per heavy atom. The lowest BCUT2D eigenvalue weighted by atomic mass is 10.1. The molecule has 1 aromatic carbocycles. The third-order valence-electron chi connectivity index (χ3n) is 2.05. The smallest absolute Gasteiger partial charge is 0.340 e. The molecule has 0 aliphatic rings. The van der Waals surface area contributed by atoms with Gasteiger partial charge in [-0.25, -0.2) is 9.18 Å². The SMILES string of the molecule is Cc1c(Br)cc(C(=O)OC(C)C)c(N)c1F. The zero-order valence-corrected chi connectivity index (χ0v) is 10.9. The molecular weight excluding hydrogens is 277 g/mol. The normalized spacial score (nSPS) is 10.6. The molecule has 1 aromatic rings. The average Bonchev–Trinajstić information content (AvgIpc) is 2.19. The number of hydrogen-bond acceptors (Lipinski definition) is 3. The number of benzene rings is 1. The van der Waals surface area contributed by atoms with Crippen LogP contribution in [0.15, 0.2) is 10.5 Å². The molecule has 1 rings (SSSR count). The van der Waals surface area contributed by atoms with Crippen molar-refractivity contribution in [3.63, 3.8) is 0 Å². The van der Waals surface area contributed by atoms with Gasteiger partial charge in [0.15, 0.2) is 5.82 Å². The third kappa shape index (κ3) is 2.52. The van der Waals surface area contributed by atoms with Crippen LogP contribution in [-0.4, -0.2) is 12.1 Å². The fraction of sp³-hybridized carbons (Fsp3) is 0.364. The summed E-state index contributed by atoms with van der Waals surface area (Å²) in [4.78, 5) is 11.6. The minimum Gasteiger partial charge on any atom is -0.459 e. The van der Waals surface area contributed by atoms with Gasteiger partial charge in [0, 0.05) is 10.0 Å². The fourth-order valence-electron chi connectivity index (χ4n) is 1.18. The van der Waals surface area contributed by atoms with Gasteiger partial charge in [-0.15, -0.1) is 0 Å². The van der Waals surface area contributed by atoms with Crippen molar-refractivity contribution >= 4 is 27.6 Å². The van der Waals surface area contributed by atoms with Gasteiger partial charge in [-0.1, -0.05) is 15.9 Å². The first kappa shape index (κ1) is 13.0. The summed E-state index contributed by atoms with van der Waals surface area (Å²) in [6, 6.07) is 1.47. The molecule has 2 N–H and O–H groups in total. The number of rotatable bonds is 2. The summed E-state index contributed by atoms with van der Waals surface area (Å²) < 4.78 is 19.0. The van der Waals surface area contributed by atoms with Crippen LogP contribution in [0, 0.1) is 12.7 Å². The summed E-state index contributed by atoms with van der Waals surface area (Å²) in [5, 5.41) is 0. The van der Waals surface area contributed by atoms with Crippen molar-refractivity contribution in [2.45, 2.75) is 26.9 Å². The standard InChI is InChI=1S/C11H13BrFNO2/c1-5(2)16-11(15)7-4-8(12)6(3)9(13)10(7)14/h4-5H,14H2,1-3H3. The van der Waals surface area contributed by atoms with E-state index in [1.807, 2.05) is 0 Å². The molecule has 0 atom stereocenters. The zero-order chi connectivity index (χ0) is 12.5. The average molecular weight is 290 g/mol. The molecule has 0 aromatic heterocycles. The van der Waals surface area contributed by atoms with E-state index in [9.17, 15) is 9.18 Å². The Bertz CT molecular complexity index is 432. The van der Waals surface area contributed by atoms with Crippen molar-refractivity contribution in [1.29, 1.82) is 0 Å². The molecule has 5 heteroatoms. The number of carbonyl (C=O) groups is 1. The van der Waals surface area contributed by atoms with Crippen molar-refractivity contribution in [3.8, 4) is 0 Å². The largest absolute Gasteiger partial charge is 0.459 e. The maximum absolute atomic E-state index is 13.6. The lowest BCUT2D eigenvalue weighted by Crippen LogP contribution is -2.14. The predicted octanol–water partition coefficient (Wildman–Crippen LogP) is 3.04. The van der Waals surface area contributed by atoms with Gasteiger partial charge < -0.3 is 10.5 Å². The highest BCUT2D eigenvalue weighted by atomic mass is 79.9. The lowest BCUT2D eigenvalue weighted by Gasteiger charge is -2.12. The number of esters is 1. The molecule has 0 radical (unpaired) electrons. The molecule has 0 unspecified atom stereocenters. The first-order valence-electron chi connectivity index (χ1n) is 4.79. The van der Waals surface area contributed by atoms with E-state index >= 15 is 0 Å². The number of anilines is 1. The van der Waals surface area contributed by atoms with Gasteiger partial charge in [0.25, 0.3) is 0 Å².